The van der Waals surface area contributed by atoms with Crippen LogP contribution in [0, 0.1) is 0 Å². The highest BCUT2D eigenvalue weighted by Gasteiger charge is 2.57. The van der Waals surface area contributed by atoms with Crippen LogP contribution in [0.25, 0.3) is 0 Å². The van der Waals surface area contributed by atoms with Gasteiger partial charge in [0, 0.05) is 34.4 Å². The zero-order valence-corrected chi connectivity index (χ0v) is 15.4. The molecule has 5 nitrogen and oxygen atoms in total. The van der Waals surface area contributed by atoms with Crippen molar-refractivity contribution in [2.75, 3.05) is 41.7 Å². The third-order valence-electron chi connectivity index (χ3n) is 4.06. The van der Waals surface area contributed by atoms with Crippen LogP contribution >= 0.6 is 0 Å². The first-order chi connectivity index (χ1) is 10.9. The second-order valence-corrected chi connectivity index (χ2v) is 5.67. The maximum Gasteiger partial charge on any atom is 0.261 e. The van der Waals surface area contributed by atoms with Crippen LogP contribution in [0.2, 0.25) is 0 Å². The van der Waals surface area contributed by atoms with Crippen molar-refractivity contribution in [2.24, 2.45) is 0 Å². The summed E-state index contributed by atoms with van der Waals surface area (Å²) in [5, 5.41) is 0. The molecule has 0 N–H and O–H groups in total. The monoisotopic (exact) mass is 326 g/mol. The number of ether oxygens (including phenoxy) is 5. The average molecular weight is 326 g/mol. The Morgan fingerprint density at radius 3 is 2.17 bits per heavy atom. The van der Waals surface area contributed by atoms with Gasteiger partial charge in [-0.05, 0) is 38.5 Å². The van der Waals surface area contributed by atoms with Crippen LogP contribution in [0.4, 0.5) is 0 Å². The molecule has 0 radical (unpaired) electrons. The van der Waals surface area contributed by atoms with Gasteiger partial charge in [0.05, 0.1) is 13.7 Å². The lowest BCUT2D eigenvalue weighted by atomic mass is 9.80. The highest BCUT2D eigenvalue weighted by atomic mass is 16.7. The maximum absolute atomic E-state index is 5.92. The molecule has 0 aromatic carbocycles. The molecule has 0 saturated heterocycles. The molecule has 1 rings (SSSR count). The van der Waals surface area contributed by atoms with Gasteiger partial charge in [0.2, 0.25) is 0 Å². The fourth-order valence-electron chi connectivity index (χ4n) is 2.86. The Bertz CT molecular complexity index is 470. The van der Waals surface area contributed by atoms with Crippen LogP contribution in [0.15, 0.2) is 35.1 Å². The first-order valence-electron chi connectivity index (χ1n) is 7.79. The van der Waals surface area contributed by atoms with Crippen LogP contribution < -0.4 is 0 Å². The smallest absolute Gasteiger partial charge is 0.261 e. The molecule has 0 aromatic rings. The molecule has 5 heteroatoms. The highest BCUT2D eigenvalue weighted by molar-refractivity contribution is 5.39. The summed E-state index contributed by atoms with van der Waals surface area (Å²) in [7, 11) is 6.44. The van der Waals surface area contributed by atoms with E-state index in [4.69, 9.17) is 23.7 Å². The minimum Gasteiger partial charge on any atom is -0.495 e. The van der Waals surface area contributed by atoms with Crippen LogP contribution in [0.3, 0.4) is 0 Å². The van der Waals surface area contributed by atoms with E-state index >= 15 is 0 Å². The van der Waals surface area contributed by atoms with Gasteiger partial charge in [0.1, 0.15) is 0 Å². The van der Waals surface area contributed by atoms with E-state index in [2.05, 4.69) is 6.08 Å². The molecule has 1 aliphatic carbocycles. The second kappa shape index (κ2) is 8.64. The van der Waals surface area contributed by atoms with Crippen molar-refractivity contribution in [1.29, 1.82) is 0 Å². The molecule has 0 amide bonds. The number of hydrogen-bond donors (Lipinski definition) is 0. The number of hydrogen-bond acceptors (Lipinski definition) is 5. The quantitative estimate of drug-likeness (QED) is 0.481. The Morgan fingerprint density at radius 2 is 1.74 bits per heavy atom. The van der Waals surface area contributed by atoms with Gasteiger partial charge in [-0.1, -0.05) is 11.6 Å². The summed E-state index contributed by atoms with van der Waals surface area (Å²) in [6.45, 7) is 7.18. The van der Waals surface area contributed by atoms with Gasteiger partial charge in [0.25, 0.3) is 5.79 Å². The molecule has 1 aliphatic rings. The van der Waals surface area contributed by atoms with Gasteiger partial charge >= 0.3 is 0 Å². The summed E-state index contributed by atoms with van der Waals surface area (Å²) in [6.07, 6.45) is 6.59. The SMILES string of the molecule is CCOCC1=CC(CC=C(C)C)(OC)C(OC)(OC)C(OC)=C1. The minimum atomic E-state index is -1.15. The van der Waals surface area contributed by atoms with Crippen molar-refractivity contribution in [2.45, 2.75) is 38.6 Å². The molecule has 1 unspecified atom stereocenters. The van der Waals surface area contributed by atoms with Crippen molar-refractivity contribution < 1.29 is 23.7 Å². The van der Waals surface area contributed by atoms with Gasteiger partial charge in [-0.25, -0.2) is 0 Å². The lowest BCUT2D eigenvalue weighted by Gasteiger charge is -2.47. The molecule has 0 spiro atoms. The third-order valence-corrected chi connectivity index (χ3v) is 4.06. The predicted octanol–water partition coefficient (Wildman–Crippen LogP) is 3.22. The lowest BCUT2D eigenvalue weighted by molar-refractivity contribution is -0.285. The number of allylic oxidation sites excluding steroid dienone is 1. The molecule has 0 saturated carbocycles. The average Bonchev–Trinajstić information content (AvgIpc) is 2.57. The van der Waals surface area contributed by atoms with Crippen molar-refractivity contribution in [1.82, 2.24) is 0 Å². The summed E-state index contributed by atoms with van der Waals surface area (Å²) >= 11 is 0. The van der Waals surface area contributed by atoms with Crippen LogP contribution in [-0.2, 0) is 23.7 Å². The lowest BCUT2D eigenvalue weighted by Crippen LogP contribution is -2.59. The van der Waals surface area contributed by atoms with E-state index in [1.54, 1.807) is 28.4 Å². The summed E-state index contributed by atoms with van der Waals surface area (Å²) in [5.74, 6) is -0.596. The molecule has 132 valence electrons. The Labute approximate surface area is 139 Å². The highest BCUT2D eigenvalue weighted by Crippen LogP contribution is 2.45. The summed E-state index contributed by atoms with van der Waals surface area (Å²) in [5.41, 5.74) is 1.31. The van der Waals surface area contributed by atoms with E-state index in [0.29, 0.717) is 25.4 Å². The standard InChI is InChI=1S/C18H30O5/c1-8-23-13-15-11-16(19-4)18(21-6,22-7)17(12-15,20-5)10-9-14(2)3/h9,11-12H,8,10,13H2,1-7H3. The molecular formula is C18H30O5. The molecule has 23 heavy (non-hydrogen) atoms. The second-order valence-electron chi connectivity index (χ2n) is 5.67. The van der Waals surface area contributed by atoms with Gasteiger partial charge in [0.15, 0.2) is 11.4 Å². The normalized spacial score (nSPS) is 23.1. The van der Waals surface area contributed by atoms with Crippen molar-refractivity contribution in [3.05, 3.63) is 35.1 Å². The third kappa shape index (κ3) is 3.86. The van der Waals surface area contributed by atoms with E-state index in [9.17, 15) is 0 Å². The Hall–Kier alpha value is -1.14. The predicted molar refractivity (Wildman–Crippen MR) is 90.2 cm³/mol. The molecular weight excluding hydrogens is 296 g/mol. The number of rotatable bonds is 9. The van der Waals surface area contributed by atoms with Crippen molar-refractivity contribution in [3.63, 3.8) is 0 Å². The zero-order valence-electron chi connectivity index (χ0n) is 15.4. The first kappa shape index (κ1) is 19.9. The van der Waals surface area contributed by atoms with Gasteiger partial charge in [-0.15, -0.1) is 0 Å². The summed E-state index contributed by atoms with van der Waals surface area (Å²) in [4.78, 5) is 0. The fraction of sp³-hybridized carbons (Fsp3) is 0.667. The molecule has 1 atom stereocenters. The van der Waals surface area contributed by atoms with E-state index in [-0.39, 0.29) is 0 Å². The summed E-state index contributed by atoms with van der Waals surface area (Å²) in [6, 6.07) is 0. The largest absolute Gasteiger partial charge is 0.495 e. The van der Waals surface area contributed by atoms with E-state index < -0.39 is 11.4 Å². The van der Waals surface area contributed by atoms with Crippen molar-refractivity contribution in [3.8, 4) is 0 Å². The molecule has 0 aromatic heterocycles. The van der Waals surface area contributed by atoms with E-state index in [0.717, 1.165) is 5.57 Å². The Morgan fingerprint density at radius 1 is 1.09 bits per heavy atom. The molecule has 0 bridgehead atoms. The van der Waals surface area contributed by atoms with Gasteiger partial charge in [-0.2, -0.15) is 0 Å². The Kier molecular flexibility index (Phi) is 7.48. The summed E-state index contributed by atoms with van der Waals surface area (Å²) < 4.78 is 28.6. The van der Waals surface area contributed by atoms with Gasteiger partial charge in [-0.3, -0.25) is 0 Å². The van der Waals surface area contributed by atoms with Gasteiger partial charge < -0.3 is 23.7 Å². The zero-order chi connectivity index (χ0) is 17.5. The number of methoxy groups -OCH3 is 4. The van der Waals surface area contributed by atoms with Crippen LogP contribution in [-0.4, -0.2) is 53.0 Å². The van der Waals surface area contributed by atoms with Crippen LogP contribution in [0.5, 0.6) is 0 Å². The fourth-order valence-corrected chi connectivity index (χ4v) is 2.86. The van der Waals surface area contributed by atoms with E-state index in [1.165, 1.54) is 5.57 Å². The first-order valence-corrected chi connectivity index (χ1v) is 7.79. The van der Waals surface area contributed by atoms with Crippen molar-refractivity contribution >= 4 is 0 Å². The topological polar surface area (TPSA) is 46.2 Å². The van der Waals surface area contributed by atoms with Crippen LogP contribution in [0.1, 0.15) is 27.2 Å². The minimum absolute atomic E-state index is 0.479. The Balaban J connectivity index is 3.44. The molecule has 0 heterocycles. The maximum atomic E-state index is 5.92. The molecule has 0 aliphatic heterocycles. The molecule has 0 fully saturated rings. The van der Waals surface area contributed by atoms with E-state index in [1.807, 2.05) is 32.9 Å².